The maximum atomic E-state index is 14.1. The van der Waals surface area contributed by atoms with Gasteiger partial charge in [-0.05, 0) is 12.5 Å². The van der Waals surface area contributed by atoms with Crippen molar-refractivity contribution in [1.82, 2.24) is 9.55 Å². The van der Waals surface area contributed by atoms with Gasteiger partial charge in [-0.3, -0.25) is 4.57 Å². The normalized spacial score (nSPS) is 29.2. The van der Waals surface area contributed by atoms with Gasteiger partial charge in [-0.25, -0.2) is 4.79 Å². The number of hydrogen-bond donors (Lipinski definition) is 3. The van der Waals surface area contributed by atoms with E-state index in [0.29, 0.717) is 4.57 Å². The molecule has 1 aromatic heterocycles. The summed E-state index contributed by atoms with van der Waals surface area (Å²) >= 11 is 0. The number of ether oxygens (including phenoxy) is 1. The van der Waals surface area contributed by atoms with Crippen molar-refractivity contribution in [3.8, 4) is 0 Å². The second-order valence-electron chi connectivity index (χ2n) is 4.71. The van der Waals surface area contributed by atoms with Crippen LogP contribution in [-0.2, 0) is 4.74 Å². The van der Waals surface area contributed by atoms with Crippen LogP contribution in [0.3, 0.4) is 0 Å². The molecular weight excluding hydrogens is 288 g/mol. The SMILES string of the molecule is C=CCC(O)[C@H]1O[C@@H](n2ccc(N)nc2=O)C(F)(F)[C@@H]1O. The molecule has 1 fully saturated rings. The summed E-state index contributed by atoms with van der Waals surface area (Å²) in [7, 11) is 0. The van der Waals surface area contributed by atoms with Crippen LogP contribution < -0.4 is 11.4 Å². The Kier molecular flexibility index (Phi) is 4.08. The molecule has 4 atom stereocenters. The van der Waals surface area contributed by atoms with Crippen molar-refractivity contribution in [2.75, 3.05) is 5.73 Å². The van der Waals surface area contributed by atoms with E-state index < -0.39 is 36.2 Å². The Labute approximate surface area is 118 Å². The second-order valence-corrected chi connectivity index (χ2v) is 4.71. The topological polar surface area (TPSA) is 111 Å². The Balaban J connectivity index is 2.36. The molecule has 0 aromatic carbocycles. The molecule has 0 amide bonds. The first-order valence-corrected chi connectivity index (χ1v) is 6.14. The molecule has 1 aromatic rings. The number of hydrogen-bond acceptors (Lipinski definition) is 6. The van der Waals surface area contributed by atoms with Gasteiger partial charge in [0.05, 0.1) is 6.10 Å². The number of anilines is 1. The van der Waals surface area contributed by atoms with Gasteiger partial charge in [-0.1, -0.05) is 6.08 Å². The molecule has 116 valence electrons. The summed E-state index contributed by atoms with van der Waals surface area (Å²) < 4.78 is 33.7. The number of aromatic nitrogens is 2. The third-order valence-corrected chi connectivity index (χ3v) is 3.21. The van der Waals surface area contributed by atoms with Crippen LogP contribution in [0.5, 0.6) is 0 Å². The fourth-order valence-corrected chi connectivity index (χ4v) is 2.14. The maximum Gasteiger partial charge on any atom is 0.351 e. The highest BCUT2D eigenvalue weighted by atomic mass is 19.3. The molecule has 0 radical (unpaired) electrons. The number of nitrogens with two attached hydrogens (primary N) is 1. The van der Waals surface area contributed by atoms with Crippen molar-refractivity contribution in [3.05, 3.63) is 35.4 Å². The zero-order valence-electron chi connectivity index (χ0n) is 10.9. The van der Waals surface area contributed by atoms with E-state index in [0.717, 1.165) is 12.3 Å². The largest absolute Gasteiger partial charge is 0.390 e. The zero-order valence-corrected chi connectivity index (χ0v) is 10.9. The number of nitrogen functional groups attached to an aromatic ring is 1. The smallest absolute Gasteiger partial charge is 0.351 e. The molecule has 4 N–H and O–H groups in total. The van der Waals surface area contributed by atoms with Gasteiger partial charge in [0.15, 0.2) is 6.10 Å². The van der Waals surface area contributed by atoms with Crippen LogP contribution in [0.2, 0.25) is 0 Å². The summed E-state index contributed by atoms with van der Waals surface area (Å²) in [5.74, 6) is -3.89. The van der Waals surface area contributed by atoms with E-state index in [1.165, 1.54) is 6.08 Å². The average Bonchev–Trinajstić information content (AvgIpc) is 2.62. The van der Waals surface area contributed by atoms with Crippen LogP contribution in [0.4, 0.5) is 14.6 Å². The lowest BCUT2D eigenvalue weighted by atomic mass is 10.0. The highest BCUT2D eigenvalue weighted by Gasteiger charge is 2.61. The summed E-state index contributed by atoms with van der Waals surface area (Å²) in [6.45, 7) is 3.37. The summed E-state index contributed by atoms with van der Waals surface area (Å²) in [6.07, 6.45) is -4.99. The number of rotatable bonds is 4. The van der Waals surface area contributed by atoms with Crippen LogP contribution >= 0.6 is 0 Å². The zero-order chi connectivity index (χ0) is 15.8. The first-order chi connectivity index (χ1) is 9.78. The third kappa shape index (κ3) is 2.67. The Morgan fingerprint density at radius 1 is 1.67 bits per heavy atom. The van der Waals surface area contributed by atoms with Gasteiger partial charge in [0.1, 0.15) is 11.9 Å². The number of alkyl halides is 2. The van der Waals surface area contributed by atoms with Crippen LogP contribution in [0.15, 0.2) is 29.7 Å². The molecule has 0 saturated carbocycles. The molecule has 1 saturated heterocycles. The van der Waals surface area contributed by atoms with Gasteiger partial charge in [0.2, 0.25) is 6.23 Å². The highest BCUT2D eigenvalue weighted by molar-refractivity contribution is 5.23. The van der Waals surface area contributed by atoms with Crippen LogP contribution in [-0.4, -0.2) is 44.0 Å². The third-order valence-electron chi connectivity index (χ3n) is 3.21. The molecule has 7 nitrogen and oxygen atoms in total. The maximum absolute atomic E-state index is 14.1. The number of halogens is 2. The van der Waals surface area contributed by atoms with Crippen molar-refractivity contribution in [1.29, 1.82) is 0 Å². The molecule has 21 heavy (non-hydrogen) atoms. The second kappa shape index (κ2) is 5.51. The van der Waals surface area contributed by atoms with Crippen LogP contribution in [0, 0.1) is 0 Å². The van der Waals surface area contributed by atoms with Gasteiger partial charge < -0.3 is 20.7 Å². The predicted molar refractivity (Wildman–Crippen MR) is 68.6 cm³/mol. The van der Waals surface area contributed by atoms with Gasteiger partial charge in [0, 0.05) is 6.20 Å². The molecule has 0 aliphatic carbocycles. The molecule has 2 rings (SSSR count). The first-order valence-electron chi connectivity index (χ1n) is 6.14. The van der Waals surface area contributed by atoms with E-state index >= 15 is 0 Å². The predicted octanol–water partition coefficient (Wildman–Crippen LogP) is -0.344. The summed E-state index contributed by atoms with van der Waals surface area (Å²) in [5, 5.41) is 19.4. The highest BCUT2D eigenvalue weighted by Crippen LogP contribution is 2.43. The Hall–Kier alpha value is -1.84. The van der Waals surface area contributed by atoms with Gasteiger partial charge >= 0.3 is 11.6 Å². The van der Waals surface area contributed by atoms with Crippen molar-refractivity contribution < 1.29 is 23.7 Å². The minimum atomic E-state index is -3.77. The molecule has 0 bridgehead atoms. The summed E-state index contributed by atoms with van der Waals surface area (Å²) in [6, 6.07) is 1.15. The number of aliphatic hydroxyl groups excluding tert-OH is 2. The van der Waals surface area contributed by atoms with E-state index in [1.54, 1.807) is 0 Å². The van der Waals surface area contributed by atoms with Crippen LogP contribution in [0.1, 0.15) is 12.6 Å². The van der Waals surface area contributed by atoms with Gasteiger partial charge in [-0.2, -0.15) is 13.8 Å². The summed E-state index contributed by atoms with van der Waals surface area (Å²) in [5.41, 5.74) is 4.25. The first kappa shape index (κ1) is 15.5. The fraction of sp³-hybridized carbons (Fsp3) is 0.500. The fourth-order valence-electron chi connectivity index (χ4n) is 2.14. The quantitative estimate of drug-likeness (QED) is 0.656. The van der Waals surface area contributed by atoms with Crippen molar-refractivity contribution >= 4 is 5.82 Å². The Morgan fingerprint density at radius 2 is 2.33 bits per heavy atom. The Morgan fingerprint density at radius 3 is 2.90 bits per heavy atom. The molecule has 1 aliphatic rings. The van der Waals surface area contributed by atoms with Crippen molar-refractivity contribution in [2.45, 2.75) is 36.9 Å². The molecule has 2 heterocycles. The standard InChI is InChI=1S/C12H15F2N3O4/c1-2-3-6(18)8-9(19)12(13,14)10(21-8)17-5-4-7(15)16-11(17)20/h2,4-6,8-10,18-19H,1,3H2,(H2,15,16,20)/t6?,8-,9-,10-/m1/s1. The van der Waals surface area contributed by atoms with E-state index in [-0.39, 0.29) is 12.2 Å². The molecule has 1 aliphatic heterocycles. The molecular formula is C12H15F2N3O4. The lowest BCUT2D eigenvalue weighted by Crippen LogP contribution is -2.43. The minimum Gasteiger partial charge on any atom is -0.390 e. The lowest BCUT2D eigenvalue weighted by molar-refractivity contribution is -0.141. The molecule has 9 heteroatoms. The Bertz CT molecular complexity index is 592. The van der Waals surface area contributed by atoms with Crippen molar-refractivity contribution in [2.24, 2.45) is 0 Å². The van der Waals surface area contributed by atoms with Gasteiger partial charge in [-0.15, -0.1) is 6.58 Å². The summed E-state index contributed by atoms with van der Waals surface area (Å²) in [4.78, 5) is 14.9. The van der Waals surface area contributed by atoms with E-state index in [4.69, 9.17) is 10.5 Å². The van der Waals surface area contributed by atoms with Crippen LogP contribution in [0.25, 0.3) is 0 Å². The van der Waals surface area contributed by atoms with Crippen molar-refractivity contribution in [3.63, 3.8) is 0 Å². The molecule has 0 spiro atoms. The lowest BCUT2D eigenvalue weighted by Gasteiger charge is -2.21. The monoisotopic (exact) mass is 303 g/mol. The van der Waals surface area contributed by atoms with E-state index in [2.05, 4.69) is 11.6 Å². The molecule has 1 unspecified atom stereocenters. The minimum absolute atomic E-state index is 0.0422. The van der Waals surface area contributed by atoms with Gasteiger partial charge in [0.25, 0.3) is 0 Å². The van der Waals surface area contributed by atoms with E-state index in [1.807, 2.05) is 0 Å². The number of nitrogens with zero attached hydrogens (tertiary/aromatic N) is 2. The number of aliphatic hydroxyl groups is 2. The average molecular weight is 303 g/mol. The van der Waals surface area contributed by atoms with E-state index in [9.17, 15) is 23.8 Å².